The van der Waals surface area contributed by atoms with Crippen LogP contribution in [0.25, 0.3) is 66.1 Å². The minimum absolute atomic E-state index is 0.153. The van der Waals surface area contributed by atoms with Crippen LogP contribution in [0, 0.1) is 0 Å². The van der Waals surface area contributed by atoms with Gasteiger partial charge in [-0.15, -0.1) is 44.8 Å². The van der Waals surface area contributed by atoms with Crippen molar-refractivity contribution >= 4 is 48.1 Å². The van der Waals surface area contributed by atoms with E-state index in [1.54, 1.807) is 0 Å². The summed E-state index contributed by atoms with van der Waals surface area (Å²) in [6.45, 7) is 31.6. The van der Waals surface area contributed by atoms with Crippen LogP contribution in [0.3, 0.4) is 0 Å². The molecule has 0 aliphatic carbocycles. The first kappa shape index (κ1) is 60.3. The van der Waals surface area contributed by atoms with Crippen LogP contribution in [-0.2, 0) is 55.3 Å². The van der Waals surface area contributed by atoms with Crippen LogP contribution in [0.1, 0.15) is 128 Å². The summed E-state index contributed by atoms with van der Waals surface area (Å²) in [6.07, 6.45) is 1.89. The molecule has 78 heavy (non-hydrogen) atoms. The Hall–Kier alpha value is -5.34. The second-order valence-corrected chi connectivity index (χ2v) is 29.6. The zero-order valence-corrected chi connectivity index (χ0v) is 53.8. The summed E-state index contributed by atoms with van der Waals surface area (Å²) in [5.74, 6) is 0. The first-order valence-corrected chi connectivity index (χ1v) is 35.9. The average molecular weight is 1160 g/mol. The van der Waals surface area contributed by atoms with E-state index in [2.05, 4.69) is 302 Å². The van der Waals surface area contributed by atoms with E-state index >= 15 is 0 Å². The van der Waals surface area contributed by atoms with Gasteiger partial charge in [-0.25, -0.2) is 0 Å². The van der Waals surface area contributed by atoms with Crippen molar-refractivity contribution in [2.45, 2.75) is 131 Å². The summed E-state index contributed by atoms with van der Waals surface area (Å²) in [4.78, 5) is 0. The molecule has 0 aliphatic heterocycles. The molecule has 2 radical (unpaired) electrons. The van der Waals surface area contributed by atoms with Gasteiger partial charge in [0.1, 0.15) is 0 Å². The van der Waals surface area contributed by atoms with E-state index in [1.165, 1.54) is 111 Å². The molecule has 0 N–H and O–H groups in total. The van der Waals surface area contributed by atoms with Gasteiger partial charge in [-0.1, -0.05) is 312 Å². The van der Waals surface area contributed by atoms with Crippen molar-refractivity contribution in [3.8, 4) is 44.5 Å². The standard InChI is InChI=1S/2C36H37.C2H6Si.2ClH.Zr/c2*1-35(2,3)29-16-12-27(13-17-29)31-20-21-32(28-14-18-30(19-15-28)36(4,5)6)34-24-26(23-33(31)34)22-25-10-8-7-9-11-25;1-3-2;;;/h2*7-21,23-24H,22H2,1-6H3;1-2H3;2*1H;/q2*-1;;;;+4/p-2. The van der Waals surface area contributed by atoms with Gasteiger partial charge in [-0.05, 0) is 79.0 Å². The Kier molecular flexibility index (Phi) is 20.3. The van der Waals surface area contributed by atoms with E-state index in [0.717, 1.165) is 22.4 Å². The molecule has 0 saturated carbocycles. The van der Waals surface area contributed by atoms with Crippen LogP contribution < -0.4 is 0 Å². The van der Waals surface area contributed by atoms with E-state index in [0.29, 0.717) is 0 Å². The molecule has 10 aromatic rings. The van der Waals surface area contributed by atoms with Gasteiger partial charge in [0.05, 0.1) is 0 Å². The summed E-state index contributed by atoms with van der Waals surface area (Å²) in [6, 6.07) is 77.0. The molecular formula is C74H80Cl2SiZr. The Morgan fingerprint density at radius 3 is 0.821 bits per heavy atom. The summed E-state index contributed by atoms with van der Waals surface area (Å²) < 4.78 is 0. The van der Waals surface area contributed by atoms with Gasteiger partial charge in [0.2, 0.25) is 0 Å². The predicted octanol–water partition coefficient (Wildman–Crippen LogP) is 22.3. The molecule has 398 valence electrons. The van der Waals surface area contributed by atoms with E-state index in [9.17, 15) is 0 Å². The molecule has 0 fully saturated rings. The van der Waals surface area contributed by atoms with Gasteiger partial charge in [-0.3, -0.25) is 0 Å². The van der Waals surface area contributed by atoms with Crippen molar-refractivity contribution in [2.24, 2.45) is 0 Å². The number of hydrogen-bond donors (Lipinski definition) is 0. The third-order valence-corrected chi connectivity index (χ3v) is 14.6. The van der Waals surface area contributed by atoms with Crippen LogP contribution in [0.5, 0.6) is 0 Å². The van der Waals surface area contributed by atoms with Crippen molar-refractivity contribution in [3.63, 3.8) is 0 Å². The Morgan fingerprint density at radius 1 is 0.346 bits per heavy atom. The fourth-order valence-electron chi connectivity index (χ4n) is 10.2. The average Bonchev–Trinajstić information content (AvgIpc) is 4.10. The third kappa shape index (κ3) is 15.5. The van der Waals surface area contributed by atoms with Crippen LogP contribution in [0.15, 0.2) is 206 Å². The first-order chi connectivity index (χ1) is 37.0. The number of fused-ring (bicyclic) bond motifs is 2. The topological polar surface area (TPSA) is 0 Å². The van der Waals surface area contributed by atoms with Crippen molar-refractivity contribution in [1.82, 2.24) is 0 Å². The van der Waals surface area contributed by atoms with Crippen molar-refractivity contribution < 1.29 is 20.8 Å². The SMILES string of the molecule is CC(C)(C)c1ccc(-c2ccc(-c3ccc(C(C)(C)C)cc3)c3[cH-]c(Cc4ccccc4)cc23)cc1.CC(C)(C)c1ccc(-c2ccc(-c3ccc(C(C)(C)C)cc3)c3[cH-]c(Cc4ccccc4)cc23)cc1.C[Si]C.[Cl][Zr+2][Cl]. The maximum atomic E-state index is 4.93. The fourth-order valence-corrected chi connectivity index (χ4v) is 10.2. The van der Waals surface area contributed by atoms with E-state index < -0.39 is 20.8 Å². The third-order valence-electron chi connectivity index (χ3n) is 14.6. The zero-order chi connectivity index (χ0) is 56.4. The molecular weight excluding hydrogens is 1080 g/mol. The molecule has 10 rings (SSSR count). The Labute approximate surface area is 490 Å². The summed E-state index contributed by atoms with van der Waals surface area (Å²) in [5.41, 5.74) is 21.8. The molecule has 0 nitrogen and oxygen atoms in total. The maximum absolute atomic E-state index is 4.93. The van der Waals surface area contributed by atoms with Crippen molar-refractivity contribution in [1.29, 1.82) is 0 Å². The minimum atomic E-state index is -0.826. The molecule has 0 unspecified atom stereocenters. The number of halogens is 2. The normalized spacial score (nSPS) is 11.7. The summed E-state index contributed by atoms with van der Waals surface area (Å²) in [7, 11) is 11.0. The van der Waals surface area contributed by atoms with Gasteiger partial charge >= 0.3 is 37.9 Å². The molecule has 0 amide bonds. The molecule has 0 heterocycles. The molecule has 10 aromatic carbocycles. The Morgan fingerprint density at radius 2 is 0.577 bits per heavy atom. The molecule has 0 spiro atoms. The van der Waals surface area contributed by atoms with Crippen molar-refractivity contribution in [2.75, 3.05) is 0 Å². The van der Waals surface area contributed by atoms with E-state index in [4.69, 9.17) is 17.0 Å². The van der Waals surface area contributed by atoms with Gasteiger partial charge in [0.15, 0.2) is 0 Å². The molecule has 4 heteroatoms. The first-order valence-electron chi connectivity index (χ1n) is 27.5. The summed E-state index contributed by atoms with van der Waals surface area (Å²) in [5, 5.41) is 5.34. The number of hydrogen-bond acceptors (Lipinski definition) is 0. The van der Waals surface area contributed by atoms with Crippen LogP contribution in [0.4, 0.5) is 0 Å². The zero-order valence-electron chi connectivity index (χ0n) is 48.8. The second-order valence-electron chi connectivity index (χ2n) is 24.9. The summed E-state index contributed by atoms with van der Waals surface area (Å²) >= 11 is -0.826. The monoisotopic (exact) mass is 1160 g/mol. The molecule has 0 aliphatic rings. The van der Waals surface area contributed by atoms with Gasteiger partial charge < -0.3 is 0 Å². The van der Waals surface area contributed by atoms with Crippen molar-refractivity contribution in [3.05, 3.63) is 251 Å². The Bertz CT molecular complexity index is 3040. The van der Waals surface area contributed by atoms with E-state index in [-0.39, 0.29) is 21.7 Å². The van der Waals surface area contributed by atoms with Crippen LogP contribution in [-0.4, -0.2) is 9.52 Å². The molecule has 0 bridgehead atoms. The van der Waals surface area contributed by atoms with Crippen LogP contribution in [0.2, 0.25) is 13.1 Å². The van der Waals surface area contributed by atoms with Crippen LogP contribution >= 0.6 is 17.0 Å². The fraction of sp³-hybridized carbons (Fsp3) is 0.270. The van der Waals surface area contributed by atoms with Gasteiger partial charge in [-0.2, -0.15) is 12.1 Å². The van der Waals surface area contributed by atoms with Gasteiger partial charge in [0.25, 0.3) is 0 Å². The second kappa shape index (κ2) is 26.3. The molecule has 0 aromatic heterocycles. The predicted molar refractivity (Wildman–Crippen MR) is 343 cm³/mol. The van der Waals surface area contributed by atoms with E-state index in [1.807, 2.05) is 0 Å². The molecule has 0 atom stereocenters. The Balaban J connectivity index is 0.000000206. The number of rotatable bonds is 8. The number of benzene rings is 8. The molecule has 0 saturated heterocycles. The quantitative estimate of drug-likeness (QED) is 0.105. The van der Waals surface area contributed by atoms with Gasteiger partial charge in [0, 0.05) is 9.52 Å².